The summed E-state index contributed by atoms with van der Waals surface area (Å²) in [5, 5.41) is 1.79. The minimum Gasteiger partial charge on any atom is -0.461 e. The number of thioether (sulfide) groups is 1. The van der Waals surface area contributed by atoms with E-state index in [0.717, 1.165) is 0 Å². The Balaban J connectivity index is 2.09. The van der Waals surface area contributed by atoms with Crippen molar-refractivity contribution in [3.05, 3.63) is 46.7 Å². The third kappa shape index (κ3) is 7.02. The first-order valence-corrected chi connectivity index (χ1v) is 10.3. The third-order valence-electron chi connectivity index (χ3n) is 3.98. The Kier molecular flexibility index (Phi) is 8.09. The first-order valence-electron chi connectivity index (χ1n) is 9.51. The molecule has 10 heteroatoms. The molecule has 0 aliphatic carbocycles. The van der Waals surface area contributed by atoms with E-state index in [9.17, 15) is 19.2 Å². The molecule has 1 aromatic carbocycles. The van der Waals surface area contributed by atoms with Crippen molar-refractivity contribution in [1.29, 1.82) is 0 Å². The fourth-order valence-corrected chi connectivity index (χ4v) is 3.48. The number of rotatable bonds is 8. The van der Waals surface area contributed by atoms with Crippen LogP contribution in [-0.2, 0) is 25.7 Å². The first kappa shape index (κ1) is 24.3. The maximum atomic E-state index is 12.4. The van der Waals surface area contributed by atoms with Crippen LogP contribution in [0.15, 0.2) is 44.0 Å². The molecule has 0 bridgehead atoms. The summed E-state index contributed by atoms with van der Waals surface area (Å²) >= 11 is 0.708. The van der Waals surface area contributed by atoms with E-state index in [-0.39, 0.29) is 18.1 Å². The van der Waals surface area contributed by atoms with E-state index < -0.39 is 39.9 Å². The number of benzene rings is 1. The molecule has 0 unspecified atom stereocenters. The van der Waals surface area contributed by atoms with Gasteiger partial charge in [0.2, 0.25) is 5.91 Å². The van der Waals surface area contributed by atoms with Crippen LogP contribution in [0.3, 0.4) is 0 Å². The highest BCUT2D eigenvalue weighted by Gasteiger charge is 2.40. The number of carbonyl (C=O) groups excluding carboxylic acids is 3. The molecule has 1 amide bonds. The second-order valence-corrected chi connectivity index (χ2v) is 9.03. The first-order chi connectivity index (χ1) is 14.5. The van der Waals surface area contributed by atoms with Gasteiger partial charge in [0.25, 0.3) is 0 Å². The summed E-state index contributed by atoms with van der Waals surface area (Å²) in [6, 6.07) is 7.67. The number of hydrogen-bond donors (Lipinski definition) is 1. The van der Waals surface area contributed by atoms with Gasteiger partial charge in [0.15, 0.2) is 18.1 Å². The lowest BCUT2D eigenvalue weighted by atomic mass is 10.0. The molecule has 1 N–H and O–H groups in total. The Hall–Kier alpha value is -3.01. The lowest BCUT2D eigenvalue weighted by Crippen LogP contribution is -2.53. The third-order valence-corrected chi connectivity index (χ3v) is 5.03. The van der Waals surface area contributed by atoms with Gasteiger partial charge in [-0.3, -0.25) is 4.79 Å². The zero-order chi connectivity index (χ0) is 23.2. The smallest absolute Gasteiger partial charge is 0.461 e. The van der Waals surface area contributed by atoms with Crippen LogP contribution in [0.25, 0.3) is 11.3 Å². The van der Waals surface area contributed by atoms with Crippen molar-refractivity contribution in [2.45, 2.75) is 58.1 Å². The zero-order valence-corrected chi connectivity index (χ0v) is 18.7. The van der Waals surface area contributed by atoms with Gasteiger partial charge in [-0.25, -0.2) is 14.4 Å². The van der Waals surface area contributed by atoms with Gasteiger partial charge in [0.1, 0.15) is 6.04 Å². The second kappa shape index (κ2) is 10.3. The van der Waals surface area contributed by atoms with Crippen molar-refractivity contribution in [1.82, 2.24) is 5.32 Å². The molecule has 1 atom stereocenters. The minimum atomic E-state index is -1.09. The number of hydrogen-bond acceptors (Lipinski definition) is 9. The molecule has 0 spiro atoms. The molecular formula is C21H25NO8S. The van der Waals surface area contributed by atoms with E-state index in [2.05, 4.69) is 5.32 Å². The highest BCUT2D eigenvalue weighted by atomic mass is 32.2. The van der Waals surface area contributed by atoms with E-state index in [1.807, 2.05) is 0 Å². The summed E-state index contributed by atoms with van der Waals surface area (Å²) in [5.74, 6) is -1.80. The standard InChI is InChI=1S/C21H25NO8S/c1-12(2)28-18(24)17(22-13(3)23)21(4,5)31-20(26)27-11-15-16(30-19(25)29-15)14-9-7-6-8-10-14/h6-10,12,17H,11H2,1-5H3,(H,22,23)/t17-/m0/s1. The van der Waals surface area contributed by atoms with Gasteiger partial charge in [-0.1, -0.05) is 30.3 Å². The fourth-order valence-electron chi connectivity index (χ4n) is 2.66. The average Bonchev–Trinajstić information content (AvgIpc) is 3.04. The van der Waals surface area contributed by atoms with E-state index in [1.54, 1.807) is 58.0 Å². The molecule has 2 aromatic rings. The Bertz CT molecular complexity index is 977. The molecule has 2 rings (SSSR count). The van der Waals surface area contributed by atoms with E-state index in [1.165, 1.54) is 6.92 Å². The van der Waals surface area contributed by atoms with Crippen molar-refractivity contribution < 1.29 is 32.7 Å². The van der Waals surface area contributed by atoms with Crippen molar-refractivity contribution in [3.63, 3.8) is 0 Å². The van der Waals surface area contributed by atoms with Gasteiger partial charge in [-0.15, -0.1) is 0 Å². The van der Waals surface area contributed by atoms with Crippen LogP contribution < -0.4 is 11.1 Å². The molecule has 1 heterocycles. The molecule has 0 saturated heterocycles. The molecule has 168 valence electrons. The van der Waals surface area contributed by atoms with Crippen molar-refractivity contribution >= 4 is 28.9 Å². The number of ether oxygens (including phenoxy) is 2. The molecular weight excluding hydrogens is 426 g/mol. The maximum absolute atomic E-state index is 12.4. The molecule has 0 aliphatic rings. The molecule has 31 heavy (non-hydrogen) atoms. The Morgan fingerprint density at radius 3 is 2.35 bits per heavy atom. The van der Waals surface area contributed by atoms with Crippen LogP contribution in [0.1, 0.15) is 40.4 Å². The molecule has 0 aliphatic heterocycles. The SMILES string of the molecule is CC(=O)N[C@@H](C(=O)OC(C)C)C(C)(C)SC(=O)OCc1oc(=O)oc1-c1ccccc1. The summed E-state index contributed by atoms with van der Waals surface area (Å²) in [4.78, 5) is 48.0. The summed E-state index contributed by atoms with van der Waals surface area (Å²) < 4.78 is 19.4. The molecule has 0 fully saturated rings. The van der Waals surface area contributed by atoms with E-state index in [4.69, 9.17) is 18.3 Å². The predicted octanol–water partition coefficient (Wildman–Crippen LogP) is 3.50. The van der Waals surface area contributed by atoms with Crippen molar-refractivity contribution in [2.24, 2.45) is 0 Å². The normalized spacial score (nSPS) is 12.3. The highest BCUT2D eigenvalue weighted by Crippen LogP contribution is 2.32. The van der Waals surface area contributed by atoms with Crippen LogP contribution in [0, 0.1) is 0 Å². The second-order valence-electron chi connectivity index (χ2n) is 7.44. The summed E-state index contributed by atoms with van der Waals surface area (Å²) in [7, 11) is 0. The number of nitrogens with one attached hydrogen (secondary N) is 1. The van der Waals surface area contributed by atoms with E-state index in [0.29, 0.717) is 17.3 Å². The fraction of sp³-hybridized carbons (Fsp3) is 0.429. The Labute approximate surface area is 183 Å². The van der Waals surface area contributed by atoms with Gasteiger partial charge >= 0.3 is 17.1 Å². The quantitative estimate of drug-likeness (QED) is 0.600. The van der Waals surface area contributed by atoms with Crippen LogP contribution in [0.4, 0.5) is 4.79 Å². The minimum absolute atomic E-state index is 0.0561. The van der Waals surface area contributed by atoms with Gasteiger partial charge in [0, 0.05) is 12.5 Å². The monoisotopic (exact) mass is 451 g/mol. The number of carbonyl (C=O) groups is 3. The molecule has 1 aromatic heterocycles. The predicted molar refractivity (Wildman–Crippen MR) is 113 cm³/mol. The summed E-state index contributed by atoms with van der Waals surface area (Å²) in [6.07, 6.45) is -0.392. The zero-order valence-electron chi connectivity index (χ0n) is 17.9. The van der Waals surface area contributed by atoms with Crippen LogP contribution in [0.5, 0.6) is 0 Å². The topological polar surface area (TPSA) is 125 Å². The largest absolute Gasteiger partial charge is 0.519 e. The molecule has 0 saturated carbocycles. The van der Waals surface area contributed by atoms with Crippen molar-refractivity contribution in [3.8, 4) is 11.3 Å². The summed E-state index contributed by atoms with van der Waals surface area (Å²) in [5.41, 5.74) is 0.592. The van der Waals surface area contributed by atoms with Crippen molar-refractivity contribution in [2.75, 3.05) is 0 Å². The van der Waals surface area contributed by atoms with Crippen LogP contribution in [0.2, 0.25) is 0 Å². The van der Waals surface area contributed by atoms with Gasteiger partial charge in [-0.2, -0.15) is 0 Å². The summed E-state index contributed by atoms with van der Waals surface area (Å²) in [6.45, 7) is 7.49. The average molecular weight is 451 g/mol. The Morgan fingerprint density at radius 1 is 1.13 bits per heavy atom. The lowest BCUT2D eigenvalue weighted by Gasteiger charge is -2.31. The van der Waals surface area contributed by atoms with E-state index >= 15 is 0 Å². The van der Waals surface area contributed by atoms with Gasteiger partial charge < -0.3 is 23.6 Å². The Morgan fingerprint density at radius 2 is 1.77 bits per heavy atom. The molecule has 0 radical (unpaired) electrons. The van der Waals surface area contributed by atoms with Gasteiger partial charge in [-0.05, 0) is 39.5 Å². The highest BCUT2D eigenvalue weighted by molar-refractivity contribution is 8.14. The lowest BCUT2D eigenvalue weighted by molar-refractivity contribution is -0.152. The van der Waals surface area contributed by atoms with Gasteiger partial charge in [0.05, 0.1) is 10.9 Å². The maximum Gasteiger partial charge on any atom is 0.519 e. The number of amides is 1. The van der Waals surface area contributed by atoms with Crippen LogP contribution in [-0.4, -0.2) is 34.1 Å². The number of esters is 1. The van der Waals surface area contributed by atoms with Crippen LogP contribution >= 0.6 is 11.8 Å². The molecule has 9 nitrogen and oxygen atoms in total.